The van der Waals surface area contributed by atoms with Crippen molar-refractivity contribution in [3.8, 4) is 0 Å². The highest BCUT2D eigenvalue weighted by atomic mass is 35.5. The normalized spacial score (nSPS) is 15.0. The molecule has 0 fully saturated rings. The van der Waals surface area contributed by atoms with Crippen molar-refractivity contribution < 1.29 is 0 Å². The van der Waals surface area contributed by atoms with Gasteiger partial charge < -0.3 is 9.72 Å². The number of nitrogens with one attached hydrogen (secondary N) is 1. The van der Waals surface area contributed by atoms with Gasteiger partial charge in [0.15, 0.2) is 0 Å². The van der Waals surface area contributed by atoms with E-state index in [1.807, 2.05) is 35.7 Å². The fourth-order valence-corrected chi connectivity index (χ4v) is 2.19. The Kier molecular flexibility index (Phi) is 4.02. The summed E-state index contributed by atoms with van der Waals surface area (Å²) in [5, 5.41) is 3.64. The van der Waals surface area contributed by atoms with Crippen LogP contribution in [0.15, 0.2) is 30.6 Å². The van der Waals surface area contributed by atoms with Crippen LogP contribution >= 0.6 is 11.6 Å². The van der Waals surface area contributed by atoms with E-state index in [0.29, 0.717) is 6.04 Å². The predicted molar refractivity (Wildman–Crippen MR) is 71.4 cm³/mol. The van der Waals surface area contributed by atoms with Gasteiger partial charge in [0.2, 0.25) is 0 Å². The van der Waals surface area contributed by atoms with E-state index >= 15 is 0 Å². The lowest BCUT2D eigenvalue weighted by Gasteiger charge is -2.13. The molecule has 92 valence electrons. The molecule has 2 rings (SSSR count). The summed E-state index contributed by atoms with van der Waals surface area (Å²) in [5.74, 6) is 0. The van der Waals surface area contributed by atoms with Crippen molar-refractivity contribution >= 4 is 17.2 Å². The Bertz CT molecular complexity index is 445. The second-order valence-corrected chi connectivity index (χ2v) is 5.24. The molecular formula is C13H18ClN3. The van der Waals surface area contributed by atoms with Crippen molar-refractivity contribution in [2.45, 2.75) is 38.2 Å². The molecule has 0 bridgehead atoms. The SMILES string of the molecule is CC(Cl)CC(C)NCc1cn2ccccc2n1. The summed E-state index contributed by atoms with van der Waals surface area (Å²) < 4.78 is 2.03. The quantitative estimate of drug-likeness (QED) is 0.828. The average molecular weight is 252 g/mol. The van der Waals surface area contributed by atoms with Gasteiger partial charge in [-0.1, -0.05) is 6.07 Å². The number of aromatic nitrogens is 2. The van der Waals surface area contributed by atoms with Gasteiger partial charge in [-0.05, 0) is 32.4 Å². The highest BCUT2D eigenvalue weighted by molar-refractivity contribution is 6.20. The molecule has 2 unspecified atom stereocenters. The van der Waals surface area contributed by atoms with Gasteiger partial charge in [0, 0.05) is 30.4 Å². The maximum Gasteiger partial charge on any atom is 0.137 e. The fourth-order valence-electron chi connectivity index (χ4n) is 1.92. The van der Waals surface area contributed by atoms with Crippen molar-refractivity contribution in [1.29, 1.82) is 0 Å². The number of alkyl halides is 1. The summed E-state index contributed by atoms with van der Waals surface area (Å²) in [6, 6.07) is 6.42. The van der Waals surface area contributed by atoms with Crippen LogP contribution in [-0.2, 0) is 6.54 Å². The van der Waals surface area contributed by atoms with Crippen LogP contribution in [0, 0.1) is 0 Å². The molecule has 2 atom stereocenters. The zero-order valence-electron chi connectivity index (χ0n) is 10.2. The Balaban J connectivity index is 1.95. The lowest BCUT2D eigenvalue weighted by Crippen LogP contribution is -2.27. The van der Waals surface area contributed by atoms with Crippen LogP contribution < -0.4 is 5.32 Å². The Morgan fingerprint density at radius 1 is 1.41 bits per heavy atom. The first-order valence-corrected chi connectivity index (χ1v) is 6.39. The van der Waals surface area contributed by atoms with Crippen molar-refractivity contribution in [3.05, 3.63) is 36.3 Å². The van der Waals surface area contributed by atoms with Crippen LogP contribution in [0.3, 0.4) is 0 Å². The molecular weight excluding hydrogens is 234 g/mol. The summed E-state index contributed by atoms with van der Waals surface area (Å²) in [4.78, 5) is 4.53. The van der Waals surface area contributed by atoms with Gasteiger partial charge in [0.05, 0.1) is 5.69 Å². The molecule has 4 heteroatoms. The van der Waals surface area contributed by atoms with Crippen molar-refractivity contribution in [1.82, 2.24) is 14.7 Å². The van der Waals surface area contributed by atoms with E-state index in [1.54, 1.807) is 0 Å². The van der Waals surface area contributed by atoms with Gasteiger partial charge in [-0.15, -0.1) is 11.6 Å². The van der Waals surface area contributed by atoms with Crippen molar-refractivity contribution in [2.24, 2.45) is 0 Å². The van der Waals surface area contributed by atoms with E-state index in [9.17, 15) is 0 Å². The molecule has 2 aromatic heterocycles. The predicted octanol–water partition coefficient (Wildman–Crippen LogP) is 2.83. The Morgan fingerprint density at radius 2 is 2.24 bits per heavy atom. The Hall–Kier alpha value is -1.06. The number of nitrogens with zero attached hydrogens (tertiary/aromatic N) is 2. The van der Waals surface area contributed by atoms with E-state index in [4.69, 9.17) is 11.6 Å². The number of hydrogen-bond donors (Lipinski definition) is 1. The minimum atomic E-state index is 0.207. The van der Waals surface area contributed by atoms with Crippen LogP contribution in [0.4, 0.5) is 0 Å². The van der Waals surface area contributed by atoms with Gasteiger partial charge in [-0.3, -0.25) is 0 Å². The summed E-state index contributed by atoms with van der Waals surface area (Å²) >= 11 is 5.96. The number of imidazole rings is 1. The first-order chi connectivity index (χ1) is 8.15. The molecule has 3 nitrogen and oxygen atoms in total. The average Bonchev–Trinajstić information content (AvgIpc) is 2.68. The van der Waals surface area contributed by atoms with Crippen LogP contribution in [0.25, 0.3) is 5.65 Å². The first-order valence-electron chi connectivity index (χ1n) is 5.95. The second kappa shape index (κ2) is 5.52. The number of hydrogen-bond acceptors (Lipinski definition) is 2. The van der Waals surface area contributed by atoms with Crippen molar-refractivity contribution in [3.63, 3.8) is 0 Å². The zero-order chi connectivity index (χ0) is 12.3. The third-order valence-corrected chi connectivity index (χ3v) is 2.90. The van der Waals surface area contributed by atoms with Gasteiger partial charge in [-0.2, -0.15) is 0 Å². The van der Waals surface area contributed by atoms with Crippen LogP contribution in [-0.4, -0.2) is 20.8 Å². The molecule has 0 amide bonds. The highest BCUT2D eigenvalue weighted by Gasteiger charge is 2.07. The van der Waals surface area contributed by atoms with Gasteiger partial charge in [0.1, 0.15) is 5.65 Å². The van der Waals surface area contributed by atoms with Crippen LogP contribution in [0.2, 0.25) is 0 Å². The second-order valence-electron chi connectivity index (χ2n) is 4.50. The number of fused-ring (bicyclic) bond motifs is 1. The highest BCUT2D eigenvalue weighted by Crippen LogP contribution is 2.07. The van der Waals surface area contributed by atoms with Gasteiger partial charge in [-0.25, -0.2) is 4.98 Å². The largest absolute Gasteiger partial charge is 0.309 e. The standard InChI is InChI=1S/C13H18ClN3/c1-10(14)7-11(2)15-8-12-9-17-6-4-3-5-13(17)16-12/h3-6,9-11,15H,7-8H2,1-2H3. The number of rotatable bonds is 5. The Morgan fingerprint density at radius 3 is 2.94 bits per heavy atom. The third kappa shape index (κ3) is 3.45. The minimum absolute atomic E-state index is 0.207. The van der Waals surface area contributed by atoms with Crippen LogP contribution in [0.5, 0.6) is 0 Å². The summed E-state index contributed by atoms with van der Waals surface area (Å²) in [6.45, 7) is 4.95. The lowest BCUT2D eigenvalue weighted by molar-refractivity contribution is 0.508. The zero-order valence-corrected chi connectivity index (χ0v) is 11.0. The minimum Gasteiger partial charge on any atom is -0.309 e. The van der Waals surface area contributed by atoms with E-state index in [1.165, 1.54) is 0 Å². The van der Waals surface area contributed by atoms with Gasteiger partial charge >= 0.3 is 0 Å². The van der Waals surface area contributed by atoms with E-state index < -0.39 is 0 Å². The first kappa shape index (κ1) is 12.4. The third-order valence-electron chi connectivity index (χ3n) is 2.72. The summed E-state index contributed by atoms with van der Waals surface area (Å²) in [7, 11) is 0. The molecule has 2 aromatic rings. The molecule has 0 aromatic carbocycles. The molecule has 0 aliphatic heterocycles. The molecule has 0 spiro atoms. The molecule has 2 heterocycles. The summed E-state index contributed by atoms with van der Waals surface area (Å²) in [5.41, 5.74) is 2.05. The number of halogens is 1. The van der Waals surface area contributed by atoms with E-state index in [2.05, 4.69) is 23.4 Å². The molecule has 1 N–H and O–H groups in total. The molecule has 0 aliphatic carbocycles. The fraction of sp³-hybridized carbons (Fsp3) is 0.462. The molecule has 17 heavy (non-hydrogen) atoms. The Labute approximate surface area is 107 Å². The maximum atomic E-state index is 5.96. The lowest BCUT2D eigenvalue weighted by atomic mass is 10.2. The van der Waals surface area contributed by atoms with E-state index in [0.717, 1.165) is 24.3 Å². The maximum absolute atomic E-state index is 5.96. The molecule has 0 aliphatic rings. The molecule has 0 saturated carbocycles. The van der Waals surface area contributed by atoms with E-state index in [-0.39, 0.29) is 5.38 Å². The monoisotopic (exact) mass is 251 g/mol. The van der Waals surface area contributed by atoms with Crippen molar-refractivity contribution in [2.75, 3.05) is 0 Å². The number of pyridine rings is 1. The van der Waals surface area contributed by atoms with Crippen LogP contribution in [0.1, 0.15) is 26.0 Å². The topological polar surface area (TPSA) is 29.3 Å². The van der Waals surface area contributed by atoms with Gasteiger partial charge in [0.25, 0.3) is 0 Å². The molecule has 0 radical (unpaired) electrons. The molecule has 0 saturated heterocycles. The smallest absolute Gasteiger partial charge is 0.137 e. The summed E-state index contributed by atoms with van der Waals surface area (Å²) in [6.07, 6.45) is 5.03.